The highest BCUT2D eigenvalue weighted by Crippen LogP contribution is 2.49. The third kappa shape index (κ3) is 6.48. The first-order valence-corrected chi connectivity index (χ1v) is 14.8. The number of nitro groups is 1. The number of carbonyl (C=O) groups is 4. The number of thioether (sulfide) groups is 1. The van der Waals surface area contributed by atoms with Gasteiger partial charge in [-0.1, -0.05) is 60.7 Å². The topological polar surface area (TPSA) is 155 Å². The van der Waals surface area contributed by atoms with Crippen molar-refractivity contribution in [1.82, 2.24) is 4.90 Å². The molecule has 2 atom stereocenters. The summed E-state index contributed by atoms with van der Waals surface area (Å²) in [7, 11) is 0. The molecule has 0 bridgehead atoms. The Labute approximate surface area is 261 Å². The van der Waals surface area contributed by atoms with Crippen molar-refractivity contribution < 1.29 is 38.3 Å². The summed E-state index contributed by atoms with van der Waals surface area (Å²) in [5.74, 6) is -2.88. The summed E-state index contributed by atoms with van der Waals surface area (Å²) in [6.07, 6.45) is 0.449. The second-order valence-corrected chi connectivity index (χ2v) is 11.1. The van der Waals surface area contributed by atoms with Crippen molar-refractivity contribution >= 4 is 47.5 Å². The Morgan fingerprint density at radius 2 is 1.60 bits per heavy atom. The van der Waals surface area contributed by atoms with Crippen LogP contribution in [-0.2, 0) is 33.4 Å². The number of hydrogen-bond acceptors (Lipinski definition) is 11. The summed E-state index contributed by atoms with van der Waals surface area (Å²) in [5, 5.41) is 10.1. The molecule has 2 aliphatic rings. The van der Waals surface area contributed by atoms with Gasteiger partial charge in [0.1, 0.15) is 12.3 Å². The Morgan fingerprint density at radius 1 is 1.00 bits per heavy atom. The number of hydrogen-bond donors (Lipinski definition) is 0. The lowest BCUT2D eigenvalue weighted by Crippen LogP contribution is -2.74. The van der Waals surface area contributed by atoms with Crippen LogP contribution in [0, 0.1) is 10.1 Å². The van der Waals surface area contributed by atoms with Gasteiger partial charge in [-0.3, -0.25) is 29.4 Å². The third-order valence-corrected chi connectivity index (χ3v) is 8.33. The molecule has 0 spiro atoms. The number of non-ortho nitro benzene ring substituents is 1. The zero-order valence-electron chi connectivity index (χ0n) is 24.2. The smallest absolute Gasteiger partial charge is 0.356 e. The van der Waals surface area contributed by atoms with Crippen LogP contribution in [0.4, 0.5) is 5.69 Å². The molecule has 0 radical (unpaired) electrons. The largest absolute Gasteiger partial charge is 0.461 e. The van der Waals surface area contributed by atoms with Gasteiger partial charge in [0, 0.05) is 43.5 Å². The first-order valence-electron chi connectivity index (χ1n) is 13.7. The lowest BCUT2D eigenvalue weighted by Gasteiger charge is -2.53. The Bertz CT molecular complexity index is 1650. The molecule has 2 aliphatic heterocycles. The second kappa shape index (κ2) is 13.1. The molecule has 3 aromatic carbocycles. The van der Waals surface area contributed by atoms with E-state index < -0.39 is 45.9 Å². The van der Waals surface area contributed by atoms with Gasteiger partial charge in [-0.25, -0.2) is 9.79 Å². The minimum absolute atomic E-state index is 0.129. The molecule has 1 amide bonds. The fourth-order valence-corrected chi connectivity index (χ4v) is 6.28. The first kappa shape index (κ1) is 31.1. The maximum atomic E-state index is 14.0. The predicted octanol–water partition coefficient (Wildman–Crippen LogP) is 4.34. The molecule has 5 rings (SSSR count). The number of rotatable bonds is 10. The van der Waals surface area contributed by atoms with Gasteiger partial charge >= 0.3 is 23.6 Å². The van der Waals surface area contributed by atoms with Gasteiger partial charge in [0.25, 0.3) is 11.6 Å². The Balaban J connectivity index is 1.51. The molecule has 0 unspecified atom stereocenters. The van der Waals surface area contributed by atoms with Crippen molar-refractivity contribution in [2.45, 2.75) is 31.1 Å². The molecule has 1 fully saturated rings. The fraction of sp³-hybridized carbons (Fsp3) is 0.219. The van der Waals surface area contributed by atoms with Crippen LogP contribution >= 0.6 is 11.8 Å². The van der Waals surface area contributed by atoms with Crippen LogP contribution in [0.1, 0.15) is 36.6 Å². The average Bonchev–Trinajstić information content (AvgIpc) is 3.04. The summed E-state index contributed by atoms with van der Waals surface area (Å²) < 4.78 is 16.8. The number of β-lactam (4-membered cyclic amide) rings is 1. The van der Waals surface area contributed by atoms with Crippen molar-refractivity contribution in [2.75, 3.05) is 12.4 Å². The first-order chi connectivity index (χ1) is 21.6. The van der Waals surface area contributed by atoms with E-state index in [2.05, 4.69) is 4.99 Å². The minimum Gasteiger partial charge on any atom is -0.461 e. The Kier molecular flexibility index (Phi) is 9.09. The van der Waals surface area contributed by atoms with Crippen LogP contribution in [-0.4, -0.2) is 63.3 Å². The zero-order valence-corrected chi connectivity index (χ0v) is 25.0. The lowest BCUT2D eigenvalue weighted by molar-refractivity contribution is -0.384. The van der Waals surface area contributed by atoms with Gasteiger partial charge < -0.3 is 14.2 Å². The predicted molar refractivity (Wildman–Crippen MR) is 163 cm³/mol. The monoisotopic (exact) mass is 629 g/mol. The lowest BCUT2D eigenvalue weighted by atomic mass is 9.98. The molecule has 230 valence electrons. The van der Waals surface area contributed by atoms with Crippen LogP contribution in [0.5, 0.6) is 0 Å². The summed E-state index contributed by atoms with van der Waals surface area (Å²) >= 11 is 1.17. The highest BCUT2D eigenvalue weighted by atomic mass is 32.2. The molecular weight excluding hydrogens is 602 g/mol. The molecule has 2 heterocycles. The number of esters is 3. The summed E-state index contributed by atoms with van der Waals surface area (Å²) in [4.78, 5) is 67.8. The van der Waals surface area contributed by atoms with E-state index in [1.54, 1.807) is 0 Å². The molecule has 13 heteroatoms. The minimum atomic E-state index is -2.02. The maximum Gasteiger partial charge on any atom is 0.356 e. The van der Waals surface area contributed by atoms with Crippen LogP contribution in [0.3, 0.4) is 0 Å². The number of nitrogens with zero attached hydrogens (tertiary/aromatic N) is 3. The van der Waals surface area contributed by atoms with Gasteiger partial charge in [0.15, 0.2) is 11.5 Å². The van der Waals surface area contributed by atoms with Crippen LogP contribution in [0.25, 0.3) is 0 Å². The van der Waals surface area contributed by atoms with Gasteiger partial charge in [-0.05, 0) is 28.8 Å². The van der Waals surface area contributed by atoms with Crippen molar-refractivity contribution in [3.63, 3.8) is 0 Å². The van der Waals surface area contributed by atoms with Crippen molar-refractivity contribution in [3.05, 3.63) is 123 Å². The highest BCUT2D eigenvalue weighted by molar-refractivity contribution is 8.00. The molecule has 0 saturated carbocycles. The number of amides is 1. The second-order valence-electron chi connectivity index (χ2n) is 10.1. The molecule has 45 heavy (non-hydrogen) atoms. The van der Waals surface area contributed by atoms with Gasteiger partial charge in [-0.2, -0.15) is 0 Å². The normalized spacial score (nSPS) is 19.1. The van der Waals surface area contributed by atoms with Crippen molar-refractivity contribution in [1.29, 1.82) is 0 Å². The number of nitro benzene ring substituents is 1. The van der Waals surface area contributed by atoms with E-state index in [0.717, 1.165) is 11.8 Å². The average molecular weight is 630 g/mol. The number of ether oxygens (including phenoxy) is 3. The van der Waals surface area contributed by atoms with Crippen molar-refractivity contribution in [2.24, 2.45) is 4.99 Å². The van der Waals surface area contributed by atoms with E-state index in [1.165, 1.54) is 49.2 Å². The van der Waals surface area contributed by atoms with Gasteiger partial charge in [0.05, 0.1) is 4.92 Å². The quantitative estimate of drug-likeness (QED) is 0.0790. The zero-order chi connectivity index (χ0) is 32.1. The van der Waals surface area contributed by atoms with E-state index in [9.17, 15) is 29.3 Å². The molecule has 3 aromatic rings. The number of carbonyl (C=O) groups excluding carboxylic acids is 4. The fourth-order valence-electron chi connectivity index (χ4n) is 4.92. The Morgan fingerprint density at radius 3 is 2.13 bits per heavy atom. The summed E-state index contributed by atoms with van der Waals surface area (Å²) in [6.45, 7) is 2.09. The van der Waals surface area contributed by atoms with E-state index in [0.29, 0.717) is 22.3 Å². The van der Waals surface area contributed by atoms with Crippen molar-refractivity contribution in [3.8, 4) is 0 Å². The highest BCUT2D eigenvalue weighted by Gasteiger charge is 2.68. The third-order valence-electron chi connectivity index (χ3n) is 6.97. The Hall–Kier alpha value is -5.30. The van der Waals surface area contributed by atoms with E-state index in [1.807, 2.05) is 60.7 Å². The number of fused-ring (bicyclic) bond motifs is 1. The summed E-state index contributed by atoms with van der Waals surface area (Å²) in [6, 6.07) is 23.6. The molecule has 0 aliphatic carbocycles. The molecular formula is C32H27N3O9S. The number of aliphatic imine (C=N–C) groups is 1. The molecule has 0 N–H and O–H groups in total. The maximum absolute atomic E-state index is 14.0. The van der Waals surface area contributed by atoms with Crippen LogP contribution in [0.15, 0.2) is 101 Å². The van der Waals surface area contributed by atoms with E-state index in [-0.39, 0.29) is 23.7 Å². The molecule has 1 saturated heterocycles. The molecule has 0 aromatic heterocycles. The number of benzene rings is 3. The van der Waals surface area contributed by atoms with E-state index >= 15 is 0 Å². The SMILES string of the molecule is CC(=O)OCC1=C(C(=O)OC(c2ccccc2)c2ccccc2)N2C(=O)[C@@](N=Cc3ccc([N+](=O)[O-])cc3)(OC(C)=O)[C@H]2SC1. The standard InChI is InChI=1S/C32H27N3O9S/c1-20(36)42-18-25-19-45-31-32(44-21(2)37,33-17-22-13-15-26(16-14-22)35(40)41)30(39)34(31)27(25)29(38)43-28(23-9-5-3-6-10-23)24-11-7-4-8-12-24/h3-17,28,31H,18-19H2,1-2H3/t31-,32-/m1/s1. The summed E-state index contributed by atoms with van der Waals surface area (Å²) in [5.41, 5.74) is -0.145. The van der Waals surface area contributed by atoms with Crippen LogP contribution < -0.4 is 0 Å². The molecule has 12 nitrogen and oxygen atoms in total. The van der Waals surface area contributed by atoms with Gasteiger partial charge in [0.2, 0.25) is 0 Å². The van der Waals surface area contributed by atoms with E-state index in [4.69, 9.17) is 14.2 Å². The van der Waals surface area contributed by atoms with Gasteiger partial charge in [-0.15, -0.1) is 11.8 Å². The van der Waals surface area contributed by atoms with Crippen LogP contribution in [0.2, 0.25) is 0 Å².